The van der Waals surface area contributed by atoms with Crippen LogP contribution >= 0.6 is 12.6 Å². The van der Waals surface area contributed by atoms with Gasteiger partial charge in [-0.3, -0.25) is 19.8 Å². The molecule has 0 aliphatic carbocycles. The maximum absolute atomic E-state index is 12.5. The largest absolute Gasteiger partial charge is 0.445 e. The summed E-state index contributed by atoms with van der Waals surface area (Å²) in [6, 6.07) is 5.85. The van der Waals surface area contributed by atoms with Gasteiger partial charge in [0.25, 0.3) is 5.69 Å². The van der Waals surface area contributed by atoms with Crippen LogP contribution in [0.4, 0.5) is 10.5 Å². The van der Waals surface area contributed by atoms with Crippen LogP contribution in [0.15, 0.2) is 24.3 Å². The van der Waals surface area contributed by atoms with Crippen molar-refractivity contribution in [2.45, 2.75) is 24.3 Å². The van der Waals surface area contributed by atoms with Crippen molar-refractivity contribution in [3.05, 3.63) is 39.9 Å². The van der Waals surface area contributed by atoms with E-state index in [9.17, 15) is 19.7 Å². The van der Waals surface area contributed by atoms with E-state index in [0.29, 0.717) is 31.7 Å². The van der Waals surface area contributed by atoms with Crippen LogP contribution in [-0.4, -0.2) is 70.7 Å². The number of carbonyl (C=O) groups excluding carboxylic acids is 2. The second-order valence-electron chi connectivity index (χ2n) is 6.76. The summed E-state index contributed by atoms with van der Waals surface area (Å²) in [4.78, 5) is 38.0. The lowest BCUT2D eigenvalue weighted by molar-refractivity contribution is -0.384. The number of piperazine rings is 1. The van der Waals surface area contributed by atoms with Gasteiger partial charge in [-0.25, -0.2) is 4.79 Å². The van der Waals surface area contributed by atoms with Crippen LogP contribution in [0, 0.1) is 10.1 Å². The Labute approximate surface area is 162 Å². The van der Waals surface area contributed by atoms with Gasteiger partial charge in [-0.1, -0.05) is 0 Å². The van der Waals surface area contributed by atoms with Crippen molar-refractivity contribution in [3.8, 4) is 0 Å². The van der Waals surface area contributed by atoms with Crippen LogP contribution in [-0.2, 0) is 16.1 Å². The van der Waals surface area contributed by atoms with Crippen molar-refractivity contribution in [1.29, 1.82) is 0 Å². The lowest BCUT2D eigenvalue weighted by atomic mass is 10.2. The van der Waals surface area contributed by atoms with Gasteiger partial charge in [-0.05, 0) is 24.1 Å². The van der Waals surface area contributed by atoms with Crippen molar-refractivity contribution in [2.75, 3.05) is 32.7 Å². The van der Waals surface area contributed by atoms with Crippen LogP contribution in [0.3, 0.4) is 0 Å². The number of carbonyl (C=O) groups is 2. The predicted molar refractivity (Wildman–Crippen MR) is 101 cm³/mol. The van der Waals surface area contributed by atoms with Gasteiger partial charge in [-0.15, -0.1) is 0 Å². The fourth-order valence-corrected chi connectivity index (χ4v) is 3.80. The van der Waals surface area contributed by atoms with Crippen molar-refractivity contribution >= 4 is 30.3 Å². The van der Waals surface area contributed by atoms with Crippen molar-refractivity contribution in [3.63, 3.8) is 0 Å². The summed E-state index contributed by atoms with van der Waals surface area (Å²) < 4.78 is 5.39. The first kappa shape index (κ1) is 19.4. The maximum Gasteiger partial charge on any atom is 0.410 e. The SMILES string of the molecule is O=C1CN(CC2CC(S)CN2C(=O)OCc2ccc([N+](=O)[O-])cc2)CCN1. The number of nitrogens with one attached hydrogen (secondary N) is 1. The first-order valence-corrected chi connectivity index (χ1v) is 9.28. The average molecular weight is 394 g/mol. The van der Waals surface area contributed by atoms with Crippen LogP contribution in [0.25, 0.3) is 0 Å². The normalized spacial score (nSPS) is 23.1. The molecule has 2 amide bonds. The van der Waals surface area contributed by atoms with Gasteiger partial charge in [0.2, 0.25) is 5.91 Å². The Bertz CT molecular complexity index is 714. The second kappa shape index (κ2) is 8.57. The fraction of sp³-hybridized carbons (Fsp3) is 0.529. The lowest BCUT2D eigenvalue weighted by Gasteiger charge is -2.32. The molecule has 0 spiro atoms. The third-order valence-corrected chi connectivity index (χ3v) is 5.10. The molecule has 0 bridgehead atoms. The van der Waals surface area contributed by atoms with E-state index in [0.717, 1.165) is 13.0 Å². The summed E-state index contributed by atoms with van der Waals surface area (Å²) in [5.74, 6) is -0.00559. The Morgan fingerprint density at radius 3 is 2.78 bits per heavy atom. The first-order valence-electron chi connectivity index (χ1n) is 8.76. The molecule has 2 saturated heterocycles. The molecule has 27 heavy (non-hydrogen) atoms. The number of ether oxygens (including phenoxy) is 1. The lowest BCUT2D eigenvalue weighted by Crippen LogP contribution is -2.52. The number of nitrogens with zero attached hydrogens (tertiary/aromatic N) is 3. The molecule has 0 aromatic heterocycles. The van der Waals surface area contributed by atoms with E-state index >= 15 is 0 Å². The van der Waals surface area contributed by atoms with E-state index in [1.807, 2.05) is 4.90 Å². The number of nitro benzene ring substituents is 1. The van der Waals surface area contributed by atoms with E-state index < -0.39 is 11.0 Å². The Morgan fingerprint density at radius 2 is 2.11 bits per heavy atom. The summed E-state index contributed by atoms with van der Waals surface area (Å²) in [6.45, 7) is 2.85. The molecule has 1 aromatic carbocycles. The predicted octanol–water partition coefficient (Wildman–Crippen LogP) is 1.04. The average Bonchev–Trinajstić information content (AvgIpc) is 3.00. The van der Waals surface area contributed by atoms with Crippen LogP contribution in [0.5, 0.6) is 0 Å². The minimum Gasteiger partial charge on any atom is -0.445 e. The highest BCUT2D eigenvalue weighted by atomic mass is 32.1. The van der Waals surface area contributed by atoms with E-state index in [4.69, 9.17) is 4.74 Å². The van der Waals surface area contributed by atoms with Crippen molar-refractivity contribution in [2.24, 2.45) is 0 Å². The highest BCUT2D eigenvalue weighted by molar-refractivity contribution is 7.81. The molecule has 2 aliphatic rings. The standard InChI is InChI=1S/C17H22N4O5S/c22-16-10-19(6-5-18-16)8-14-7-15(27)9-20(14)17(23)26-11-12-1-3-13(4-2-12)21(24)25/h1-4,14-15,27H,5-11H2,(H,18,22). The molecule has 1 N–H and O–H groups in total. The number of benzene rings is 1. The molecule has 2 aliphatic heterocycles. The van der Waals surface area contributed by atoms with E-state index in [-0.39, 0.29) is 29.5 Å². The van der Waals surface area contributed by atoms with Gasteiger partial charge in [0.1, 0.15) is 6.61 Å². The summed E-state index contributed by atoms with van der Waals surface area (Å²) in [5.41, 5.74) is 0.674. The number of hydrogen-bond donors (Lipinski definition) is 2. The van der Waals surface area contributed by atoms with Gasteiger partial charge in [0.05, 0.1) is 11.5 Å². The molecule has 0 saturated carbocycles. The van der Waals surface area contributed by atoms with Gasteiger partial charge in [-0.2, -0.15) is 12.6 Å². The molecule has 2 fully saturated rings. The molecule has 146 valence electrons. The Kier molecular flexibility index (Phi) is 6.17. The summed E-state index contributed by atoms with van der Waals surface area (Å²) >= 11 is 4.50. The van der Waals surface area contributed by atoms with Gasteiger partial charge in [0.15, 0.2) is 0 Å². The number of rotatable bonds is 5. The molecular formula is C17H22N4O5S. The number of likely N-dealkylation sites (tertiary alicyclic amines) is 1. The maximum atomic E-state index is 12.5. The van der Waals surface area contributed by atoms with Gasteiger partial charge in [0, 0.05) is 49.6 Å². The molecule has 2 atom stereocenters. The fourth-order valence-electron chi connectivity index (χ4n) is 3.38. The third-order valence-electron chi connectivity index (χ3n) is 4.72. The Morgan fingerprint density at radius 1 is 1.37 bits per heavy atom. The highest BCUT2D eigenvalue weighted by Gasteiger charge is 2.36. The van der Waals surface area contributed by atoms with Gasteiger partial charge < -0.3 is 15.0 Å². The Balaban J connectivity index is 1.55. The zero-order valence-corrected chi connectivity index (χ0v) is 15.6. The van der Waals surface area contributed by atoms with Crippen LogP contribution < -0.4 is 5.32 Å². The first-order chi connectivity index (χ1) is 12.9. The summed E-state index contributed by atoms with van der Waals surface area (Å²) in [7, 11) is 0. The number of non-ortho nitro benzene ring substituents is 1. The van der Waals surface area contributed by atoms with E-state index in [1.165, 1.54) is 12.1 Å². The van der Waals surface area contributed by atoms with Crippen molar-refractivity contribution in [1.82, 2.24) is 15.1 Å². The van der Waals surface area contributed by atoms with Crippen molar-refractivity contribution < 1.29 is 19.2 Å². The highest BCUT2D eigenvalue weighted by Crippen LogP contribution is 2.24. The molecule has 0 radical (unpaired) electrons. The zero-order chi connectivity index (χ0) is 19.4. The molecule has 1 aromatic rings. The van der Waals surface area contributed by atoms with Crippen LogP contribution in [0.2, 0.25) is 0 Å². The topological polar surface area (TPSA) is 105 Å². The zero-order valence-electron chi connectivity index (χ0n) is 14.7. The molecular weight excluding hydrogens is 372 g/mol. The van der Waals surface area contributed by atoms with E-state index in [2.05, 4.69) is 17.9 Å². The quantitative estimate of drug-likeness (QED) is 0.439. The smallest absolute Gasteiger partial charge is 0.410 e. The second-order valence-corrected chi connectivity index (χ2v) is 7.49. The third kappa shape index (κ3) is 5.10. The minimum absolute atomic E-state index is 0.00559. The van der Waals surface area contributed by atoms with Crippen LogP contribution in [0.1, 0.15) is 12.0 Å². The minimum atomic E-state index is -0.474. The molecule has 3 rings (SSSR count). The molecule has 9 nitrogen and oxygen atoms in total. The molecule has 10 heteroatoms. The number of thiol groups is 1. The summed E-state index contributed by atoms with van der Waals surface area (Å²) in [5, 5.41) is 13.5. The monoisotopic (exact) mass is 394 g/mol. The number of hydrogen-bond acceptors (Lipinski definition) is 7. The molecule has 2 unspecified atom stereocenters. The molecule has 2 heterocycles. The number of nitro groups is 1. The van der Waals surface area contributed by atoms with Gasteiger partial charge >= 0.3 is 6.09 Å². The number of amides is 2. The summed E-state index contributed by atoms with van der Waals surface area (Å²) in [6.07, 6.45) is 0.310. The Hall–Kier alpha value is -2.33. The van der Waals surface area contributed by atoms with E-state index in [1.54, 1.807) is 17.0 Å².